The summed E-state index contributed by atoms with van der Waals surface area (Å²) in [5, 5.41) is 0. The predicted molar refractivity (Wildman–Crippen MR) is 57.8 cm³/mol. The predicted octanol–water partition coefficient (Wildman–Crippen LogP) is 2.49. The number of hydrogen-bond donors (Lipinski definition) is 0. The largest absolute Gasteiger partial charge is 0.212 e. The zero-order valence-electron chi connectivity index (χ0n) is 15.9. The molecule has 1 heteroatoms. The van der Waals surface area contributed by atoms with Crippen LogP contribution in [0.2, 0.25) is 0 Å². The Balaban J connectivity index is 3.03. The van der Waals surface area contributed by atoms with E-state index in [1.165, 1.54) is 18.5 Å². The van der Waals surface area contributed by atoms with E-state index in [1.54, 1.807) is 0 Å². The maximum Gasteiger partial charge on any atom is 0.212 e. The summed E-state index contributed by atoms with van der Waals surface area (Å²) in [5.41, 5.74) is 0.364. The molecule has 0 aliphatic carbocycles. The molecule has 1 nitrogen and oxygen atoms in total. The molecule has 0 saturated heterocycles. The zero-order chi connectivity index (χ0) is 16.9. The smallest absolute Gasteiger partial charge is 0.201 e. The normalized spacial score (nSPS) is 18.1. The van der Waals surface area contributed by atoms with Crippen molar-refractivity contribution in [1.82, 2.24) is 0 Å². The SMILES string of the molecule is [2H]c1c([2H])c([2H])c(-c2c([2H])c([2H])c([2H])c([2H])[n+]2C)c(C)c1[2H]. The summed E-state index contributed by atoms with van der Waals surface area (Å²) >= 11 is 0. The van der Waals surface area contributed by atoms with Crippen LogP contribution in [0.25, 0.3) is 11.3 Å². The van der Waals surface area contributed by atoms with Gasteiger partial charge in [-0.2, -0.15) is 0 Å². The van der Waals surface area contributed by atoms with Crippen LogP contribution in [0.1, 0.15) is 16.5 Å². The van der Waals surface area contributed by atoms with Crippen LogP contribution in [0.3, 0.4) is 0 Å². The molecule has 0 bridgehead atoms. The van der Waals surface area contributed by atoms with Gasteiger partial charge in [-0.15, -0.1) is 0 Å². The maximum absolute atomic E-state index is 8.04. The first kappa shape index (κ1) is 3.50. The van der Waals surface area contributed by atoms with Crippen LogP contribution in [0, 0.1) is 6.92 Å². The van der Waals surface area contributed by atoms with Gasteiger partial charge < -0.3 is 0 Å². The van der Waals surface area contributed by atoms with Crippen molar-refractivity contribution in [3.63, 3.8) is 0 Å². The van der Waals surface area contributed by atoms with E-state index in [2.05, 4.69) is 0 Å². The third kappa shape index (κ3) is 1.53. The number of benzene rings is 1. The Hall–Kier alpha value is -1.63. The fraction of sp³-hybridized carbons (Fsp3) is 0.154. The molecule has 0 fully saturated rings. The van der Waals surface area contributed by atoms with Gasteiger partial charge in [-0.3, -0.25) is 0 Å². The number of pyridine rings is 1. The summed E-state index contributed by atoms with van der Waals surface area (Å²) < 4.78 is 63.8. The lowest BCUT2D eigenvalue weighted by molar-refractivity contribution is -0.660. The molecule has 1 heterocycles. The molecule has 14 heavy (non-hydrogen) atoms. The fourth-order valence-corrected chi connectivity index (χ4v) is 1.18. The molecule has 70 valence electrons. The van der Waals surface area contributed by atoms with Crippen molar-refractivity contribution in [2.45, 2.75) is 6.92 Å². The molecular weight excluding hydrogens is 170 g/mol. The Morgan fingerprint density at radius 1 is 1.07 bits per heavy atom. The van der Waals surface area contributed by atoms with Gasteiger partial charge in [-0.1, -0.05) is 18.1 Å². The van der Waals surface area contributed by atoms with Crippen molar-refractivity contribution >= 4 is 0 Å². The van der Waals surface area contributed by atoms with Gasteiger partial charge in [-0.05, 0) is 24.6 Å². The second-order valence-corrected chi connectivity index (χ2v) is 2.89. The Kier molecular flexibility index (Phi) is 0.906. The molecular formula is C13H14N+. The van der Waals surface area contributed by atoms with Crippen LogP contribution in [0.15, 0.2) is 48.5 Å². The number of hydrogen-bond acceptors (Lipinski definition) is 0. The van der Waals surface area contributed by atoms with Gasteiger partial charge in [-0.25, -0.2) is 4.57 Å². The Morgan fingerprint density at radius 2 is 1.79 bits per heavy atom. The van der Waals surface area contributed by atoms with E-state index < -0.39 is 18.1 Å². The van der Waals surface area contributed by atoms with Gasteiger partial charge in [0, 0.05) is 17.6 Å². The van der Waals surface area contributed by atoms with Crippen molar-refractivity contribution in [1.29, 1.82) is 0 Å². The van der Waals surface area contributed by atoms with Crippen molar-refractivity contribution < 1.29 is 15.5 Å². The second-order valence-electron chi connectivity index (χ2n) is 2.89. The summed E-state index contributed by atoms with van der Waals surface area (Å²) in [6, 6.07) is -2.51. The fourth-order valence-electron chi connectivity index (χ4n) is 1.18. The van der Waals surface area contributed by atoms with Crippen molar-refractivity contribution in [3.05, 3.63) is 54.0 Å². The highest BCUT2D eigenvalue weighted by molar-refractivity contribution is 5.60. The van der Waals surface area contributed by atoms with Crippen molar-refractivity contribution in [2.24, 2.45) is 7.05 Å². The first-order valence-corrected chi connectivity index (χ1v) is 4.14. The molecule has 2 rings (SSSR count). The van der Waals surface area contributed by atoms with Crippen LogP contribution in [-0.4, -0.2) is 0 Å². The Morgan fingerprint density at radius 3 is 2.64 bits per heavy atom. The van der Waals surface area contributed by atoms with E-state index in [0.717, 1.165) is 0 Å². The molecule has 1 aromatic carbocycles. The molecule has 0 unspecified atom stereocenters. The number of rotatable bonds is 1. The molecule has 0 N–H and O–H groups in total. The molecule has 2 aromatic rings. The maximum atomic E-state index is 8.04. The summed E-state index contributed by atoms with van der Waals surface area (Å²) in [4.78, 5) is 0. The van der Waals surface area contributed by atoms with Crippen LogP contribution < -0.4 is 4.57 Å². The van der Waals surface area contributed by atoms with Crippen LogP contribution >= 0.6 is 0 Å². The number of aromatic nitrogens is 1. The summed E-state index contributed by atoms with van der Waals surface area (Å²) in [5.74, 6) is 0. The molecule has 0 amide bonds. The van der Waals surface area contributed by atoms with Gasteiger partial charge in [0.2, 0.25) is 5.69 Å². The molecule has 0 aliphatic heterocycles. The average molecular weight is 192 g/mol. The van der Waals surface area contributed by atoms with Crippen LogP contribution in [-0.2, 0) is 7.05 Å². The van der Waals surface area contributed by atoms with E-state index in [9.17, 15) is 0 Å². The molecule has 0 spiro atoms. The highest BCUT2D eigenvalue weighted by Gasteiger charge is 2.09. The second kappa shape index (κ2) is 3.62. The van der Waals surface area contributed by atoms with Gasteiger partial charge in [0.1, 0.15) is 8.42 Å². The highest BCUT2D eigenvalue weighted by atomic mass is 14.9. The first-order valence-electron chi connectivity index (χ1n) is 8.14. The van der Waals surface area contributed by atoms with Crippen molar-refractivity contribution in [2.75, 3.05) is 0 Å². The third-order valence-electron chi connectivity index (χ3n) is 1.91. The van der Waals surface area contributed by atoms with Crippen LogP contribution in [0.5, 0.6) is 0 Å². The van der Waals surface area contributed by atoms with Crippen LogP contribution in [0.4, 0.5) is 0 Å². The Bertz CT molecular complexity index is 674. The lowest BCUT2D eigenvalue weighted by Crippen LogP contribution is -2.30. The first-order chi connectivity index (χ1) is 10.1. The van der Waals surface area contributed by atoms with E-state index in [1.807, 2.05) is 0 Å². The molecule has 0 aliphatic rings. The minimum atomic E-state index is -0.440. The zero-order valence-corrected chi connectivity index (χ0v) is 7.95. The third-order valence-corrected chi connectivity index (χ3v) is 1.91. The van der Waals surface area contributed by atoms with Gasteiger partial charge in [0.25, 0.3) is 0 Å². The molecule has 0 saturated carbocycles. The van der Waals surface area contributed by atoms with E-state index in [-0.39, 0.29) is 47.2 Å². The van der Waals surface area contributed by atoms with E-state index in [4.69, 9.17) is 11.0 Å². The van der Waals surface area contributed by atoms with Crippen molar-refractivity contribution in [3.8, 4) is 11.3 Å². The average Bonchev–Trinajstić information content (AvgIpc) is 2.50. The lowest BCUT2D eigenvalue weighted by atomic mass is 10.1. The molecule has 1 aromatic heterocycles. The Labute approximate surface area is 95.9 Å². The summed E-state index contributed by atoms with van der Waals surface area (Å²) in [7, 11) is 1.44. The molecule has 0 radical (unpaired) electrons. The van der Waals surface area contributed by atoms with Gasteiger partial charge >= 0.3 is 0 Å². The van der Waals surface area contributed by atoms with E-state index >= 15 is 0 Å². The minimum absolute atomic E-state index is 0.0375. The molecule has 0 atom stereocenters. The van der Waals surface area contributed by atoms with Gasteiger partial charge in [0.05, 0.1) is 9.60 Å². The summed E-state index contributed by atoms with van der Waals surface area (Å²) in [6.07, 6.45) is -0.289. The quantitative estimate of drug-likeness (QED) is 0.611. The monoisotopic (exact) mass is 192 g/mol. The van der Waals surface area contributed by atoms with Gasteiger partial charge in [0.15, 0.2) is 6.17 Å². The number of nitrogens with zero attached hydrogens (tertiary/aromatic N) is 1. The lowest BCUT2D eigenvalue weighted by Gasteiger charge is -2.02. The highest BCUT2D eigenvalue weighted by Crippen LogP contribution is 2.18. The van der Waals surface area contributed by atoms with E-state index in [0.29, 0.717) is 0 Å². The summed E-state index contributed by atoms with van der Waals surface area (Å²) in [6.45, 7) is 1.51. The topological polar surface area (TPSA) is 3.88 Å². The minimum Gasteiger partial charge on any atom is -0.201 e. The standard InChI is InChI=1S/C13H14N/c1-11-7-3-4-8-12(11)13-9-5-6-10-14(13)2/h3-10H,1-2H3/q+1/i3D,4D,5D,6D,7D,8D,9D,10D.